The van der Waals surface area contributed by atoms with Gasteiger partial charge < -0.3 is 15.4 Å². The number of carbonyl (C=O) groups is 2. The lowest BCUT2D eigenvalue weighted by atomic mass is 10.2. The van der Waals surface area contributed by atoms with Gasteiger partial charge in [-0.25, -0.2) is 14.8 Å². The first-order valence-corrected chi connectivity index (χ1v) is 6.93. The van der Waals surface area contributed by atoms with Crippen LogP contribution in [0.3, 0.4) is 0 Å². The molecule has 7 heteroatoms. The molecule has 0 aliphatic heterocycles. The number of nitrogens with zero attached hydrogens (tertiary/aromatic N) is 2. The highest BCUT2D eigenvalue weighted by Crippen LogP contribution is 2.07. The highest BCUT2D eigenvalue weighted by Gasteiger charge is 2.11. The fraction of sp³-hybridized carbons (Fsp3) is 0.571. The summed E-state index contributed by atoms with van der Waals surface area (Å²) in [4.78, 5) is 31.1. The van der Waals surface area contributed by atoms with E-state index >= 15 is 0 Å². The van der Waals surface area contributed by atoms with Crippen molar-refractivity contribution in [1.82, 2.24) is 15.3 Å². The number of anilines is 1. The minimum Gasteiger partial charge on any atom is -0.463 e. The Morgan fingerprint density at radius 1 is 1.38 bits per heavy atom. The topological polar surface area (TPSA) is 93.2 Å². The standard InChI is InChI=1S/C14H22N4O3/c1-5-9(2)16-12(19)6-7-15-11-8-10(3)17-13(18-11)14(20)21-4/h8-9H,5-7H2,1-4H3,(H,16,19)(H,15,17,18). The second-order valence-electron chi connectivity index (χ2n) is 4.76. The molecule has 0 spiro atoms. The SMILES string of the molecule is CCC(C)NC(=O)CCNc1cc(C)nc(C(=O)OC)n1. The van der Waals surface area contributed by atoms with E-state index in [2.05, 4.69) is 25.3 Å². The normalized spacial score (nSPS) is 11.6. The van der Waals surface area contributed by atoms with Gasteiger partial charge in [-0.1, -0.05) is 6.92 Å². The largest absolute Gasteiger partial charge is 0.463 e. The maximum Gasteiger partial charge on any atom is 0.376 e. The highest BCUT2D eigenvalue weighted by atomic mass is 16.5. The summed E-state index contributed by atoms with van der Waals surface area (Å²) in [6, 6.07) is 1.88. The number of aromatic nitrogens is 2. The molecular weight excluding hydrogens is 272 g/mol. The first kappa shape index (κ1) is 16.9. The molecule has 21 heavy (non-hydrogen) atoms. The Bertz CT molecular complexity index is 505. The molecule has 1 amide bonds. The van der Waals surface area contributed by atoms with Crippen molar-refractivity contribution in [3.05, 3.63) is 17.6 Å². The van der Waals surface area contributed by atoms with Gasteiger partial charge in [0.2, 0.25) is 11.7 Å². The number of nitrogens with one attached hydrogen (secondary N) is 2. The number of esters is 1. The lowest BCUT2D eigenvalue weighted by Crippen LogP contribution is -2.33. The van der Waals surface area contributed by atoms with Crippen molar-refractivity contribution in [2.75, 3.05) is 19.0 Å². The average molecular weight is 294 g/mol. The van der Waals surface area contributed by atoms with Gasteiger partial charge in [-0.15, -0.1) is 0 Å². The maximum absolute atomic E-state index is 11.6. The molecule has 0 saturated carbocycles. The number of methoxy groups -OCH3 is 1. The van der Waals surface area contributed by atoms with Crippen LogP contribution in [0.2, 0.25) is 0 Å². The number of aryl methyl sites for hydroxylation is 1. The molecule has 1 rings (SSSR count). The van der Waals surface area contributed by atoms with Crippen LogP contribution < -0.4 is 10.6 Å². The summed E-state index contributed by atoms with van der Waals surface area (Å²) in [5, 5.41) is 5.89. The van der Waals surface area contributed by atoms with E-state index in [4.69, 9.17) is 0 Å². The van der Waals surface area contributed by atoms with Crippen molar-refractivity contribution in [1.29, 1.82) is 0 Å². The molecule has 1 heterocycles. The van der Waals surface area contributed by atoms with Crippen LogP contribution in [0.1, 0.15) is 43.0 Å². The van der Waals surface area contributed by atoms with E-state index in [1.807, 2.05) is 13.8 Å². The van der Waals surface area contributed by atoms with Gasteiger partial charge in [0.05, 0.1) is 7.11 Å². The Morgan fingerprint density at radius 2 is 2.10 bits per heavy atom. The van der Waals surface area contributed by atoms with E-state index in [0.29, 0.717) is 24.5 Å². The molecule has 0 radical (unpaired) electrons. The summed E-state index contributed by atoms with van der Waals surface area (Å²) in [6.45, 7) is 6.16. The lowest BCUT2D eigenvalue weighted by Gasteiger charge is -2.12. The number of hydrogen-bond acceptors (Lipinski definition) is 6. The van der Waals surface area contributed by atoms with E-state index in [9.17, 15) is 9.59 Å². The average Bonchev–Trinajstić information content (AvgIpc) is 2.45. The molecule has 1 atom stereocenters. The molecule has 7 nitrogen and oxygen atoms in total. The van der Waals surface area contributed by atoms with Gasteiger partial charge in [0, 0.05) is 30.8 Å². The van der Waals surface area contributed by atoms with Gasteiger partial charge in [-0.05, 0) is 20.3 Å². The summed E-state index contributed by atoms with van der Waals surface area (Å²) < 4.78 is 4.59. The molecule has 116 valence electrons. The van der Waals surface area contributed by atoms with Crippen LogP contribution in [-0.4, -0.2) is 41.5 Å². The van der Waals surface area contributed by atoms with Gasteiger partial charge in [0.15, 0.2) is 0 Å². The molecule has 2 N–H and O–H groups in total. The zero-order chi connectivity index (χ0) is 15.8. The van der Waals surface area contributed by atoms with Crippen LogP contribution >= 0.6 is 0 Å². The van der Waals surface area contributed by atoms with Crippen molar-refractivity contribution in [3.63, 3.8) is 0 Å². The molecule has 0 aromatic carbocycles. The summed E-state index contributed by atoms with van der Waals surface area (Å²) in [5.74, 6) is -0.102. The number of amides is 1. The first-order chi connectivity index (χ1) is 9.96. The Hall–Kier alpha value is -2.18. The monoisotopic (exact) mass is 294 g/mol. The molecule has 0 fully saturated rings. The number of ether oxygens (including phenoxy) is 1. The Morgan fingerprint density at radius 3 is 2.71 bits per heavy atom. The molecule has 0 saturated heterocycles. The quantitative estimate of drug-likeness (QED) is 0.736. The van der Waals surface area contributed by atoms with Crippen LogP contribution in [0, 0.1) is 6.92 Å². The third kappa shape index (κ3) is 5.76. The van der Waals surface area contributed by atoms with Crippen LogP contribution in [0.5, 0.6) is 0 Å². The van der Waals surface area contributed by atoms with Crippen molar-refractivity contribution < 1.29 is 14.3 Å². The summed E-state index contributed by atoms with van der Waals surface area (Å²) in [6.07, 6.45) is 1.23. The molecule has 1 aromatic heterocycles. The van der Waals surface area contributed by atoms with E-state index in [-0.39, 0.29) is 17.8 Å². The van der Waals surface area contributed by atoms with Crippen molar-refractivity contribution >= 4 is 17.7 Å². The fourth-order valence-electron chi connectivity index (χ4n) is 1.59. The van der Waals surface area contributed by atoms with E-state index in [1.165, 1.54) is 7.11 Å². The summed E-state index contributed by atoms with van der Waals surface area (Å²) in [7, 11) is 1.28. The van der Waals surface area contributed by atoms with Crippen molar-refractivity contribution in [3.8, 4) is 0 Å². The molecule has 1 aromatic rings. The number of rotatable bonds is 7. The van der Waals surface area contributed by atoms with Gasteiger partial charge >= 0.3 is 5.97 Å². The molecule has 0 bridgehead atoms. The highest BCUT2D eigenvalue weighted by molar-refractivity contribution is 5.85. The summed E-state index contributed by atoms with van der Waals surface area (Å²) in [5.41, 5.74) is 0.650. The number of carbonyl (C=O) groups excluding carboxylic acids is 2. The fourth-order valence-corrected chi connectivity index (χ4v) is 1.59. The Kier molecular flexibility index (Phi) is 6.58. The third-order valence-electron chi connectivity index (χ3n) is 2.90. The van der Waals surface area contributed by atoms with Crippen molar-refractivity contribution in [2.24, 2.45) is 0 Å². The van der Waals surface area contributed by atoms with Gasteiger partial charge in [0.1, 0.15) is 5.82 Å². The molecule has 1 unspecified atom stereocenters. The summed E-state index contributed by atoms with van der Waals surface area (Å²) >= 11 is 0. The first-order valence-electron chi connectivity index (χ1n) is 6.93. The third-order valence-corrected chi connectivity index (χ3v) is 2.90. The van der Waals surface area contributed by atoms with Crippen LogP contribution in [-0.2, 0) is 9.53 Å². The zero-order valence-electron chi connectivity index (χ0n) is 12.9. The second kappa shape index (κ2) is 8.18. The minimum atomic E-state index is -0.587. The zero-order valence-corrected chi connectivity index (χ0v) is 12.9. The van der Waals surface area contributed by atoms with Crippen LogP contribution in [0.15, 0.2) is 6.07 Å². The van der Waals surface area contributed by atoms with Gasteiger partial charge in [-0.3, -0.25) is 4.79 Å². The molecular formula is C14H22N4O3. The Labute approximate surface area is 124 Å². The minimum absolute atomic E-state index is 0.00376. The van der Waals surface area contributed by atoms with Gasteiger partial charge in [-0.2, -0.15) is 0 Å². The molecule has 0 aliphatic rings. The predicted octanol–water partition coefficient (Wildman–Crippen LogP) is 1.29. The second-order valence-corrected chi connectivity index (χ2v) is 4.76. The lowest BCUT2D eigenvalue weighted by molar-refractivity contribution is -0.121. The van der Waals surface area contributed by atoms with E-state index < -0.39 is 5.97 Å². The van der Waals surface area contributed by atoms with E-state index in [0.717, 1.165) is 6.42 Å². The smallest absolute Gasteiger partial charge is 0.376 e. The van der Waals surface area contributed by atoms with E-state index in [1.54, 1.807) is 13.0 Å². The van der Waals surface area contributed by atoms with Crippen LogP contribution in [0.25, 0.3) is 0 Å². The number of hydrogen-bond donors (Lipinski definition) is 2. The predicted molar refractivity (Wildman–Crippen MR) is 79.1 cm³/mol. The van der Waals surface area contributed by atoms with Gasteiger partial charge in [0.25, 0.3) is 0 Å². The van der Waals surface area contributed by atoms with Crippen molar-refractivity contribution in [2.45, 2.75) is 39.7 Å². The molecule has 0 aliphatic carbocycles. The van der Waals surface area contributed by atoms with Crippen LogP contribution in [0.4, 0.5) is 5.82 Å². The Balaban J connectivity index is 2.54. The maximum atomic E-state index is 11.6.